The number of hydrogen-bond donors (Lipinski definition) is 1. The summed E-state index contributed by atoms with van der Waals surface area (Å²) in [6.45, 7) is 5.96. The Hall–Kier alpha value is -1.10. The first kappa shape index (κ1) is 12.0. The molecule has 0 spiro atoms. The molecule has 1 N–H and O–H groups in total. The highest BCUT2D eigenvalue weighted by Crippen LogP contribution is 2.11. The first-order chi connectivity index (χ1) is 7.13. The lowest BCUT2D eigenvalue weighted by Gasteiger charge is -2.14. The van der Waals surface area contributed by atoms with Crippen LogP contribution in [0.4, 0.5) is 6.01 Å². The minimum atomic E-state index is 0.598. The molecule has 1 heterocycles. The summed E-state index contributed by atoms with van der Waals surface area (Å²) in [5.41, 5.74) is 0. The molecule has 0 saturated heterocycles. The second-order valence-electron chi connectivity index (χ2n) is 4.11. The van der Waals surface area contributed by atoms with Crippen LogP contribution in [0.25, 0.3) is 0 Å². The van der Waals surface area contributed by atoms with Crippen molar-refractivity contribution in [3.63, 3.8) is 0 Å². The molecule has 1 rings (SSSR count). The molecule has 1 aromatic heterocycles. The van der Waals surface area contributed by atoms with Crippen molar-refractivity contribution in [1.82, 2.24) is 15.5 Å². The van der Waals surface area contributed by atoms with Gasteiger partial charge in [-0.15, -0.1) is 5.10 Å². The fraction of sp³-hybridized carbons (Fsp3) is 0.800. The van der Waals surface area contributed by atoms with E-state index in [1.165, 1.54) is 0 Å². The SMILES string of the molecule is CNCc1nnc(N(C)CCC(C)C)o1. The first-order valence-electron chi connectivity index (χ1n) is 5.31. The third-order valence-corrected chi connectivity index (χ3v) is 2.15. The van der Waals surface area contributed by atoms with Gasteiger partial charge in [0.25, 0.3) is 0 Å². The zero-order valence-corrected chi connectivity index (χ0v) is 9.95. The van der Waals surface area contributed by atoms with Crippen molar-refractivity contribution in [1.29, 1.82) is 0 Å². The number of rotatable bonds is 6. The van der Waals surface area contributed by atoms with Crippen molar-refractivity contribution < 1.29 is 4.42 Å². The molecule has 0 aliphatic heterocycles. The van der Waals surface area contributed by atoms with Crippen molar-refractivity contribution in [3.05, 3.63) is 5.89 Å². The van der Waals surface area contributed by atoms with Crippen LogP contribution >= 0.6 is 0 Å². The molecule has 5 heteroatoms. The molecule has 0 fully saturated rings. The maximum Gasteiger partial charge on any atom is 0.317 e. The third-order valence-electron chi connectivity index (χ3n) is 2.15. The summed E-state index contributed by atoms with van der Waals surface area (Å²) >= 11 is 0. The number of aromatic nitrogens is 2. The summed E-state index contributed by atoms with van der Waals surface area (Å²) < 4.78 is 5.46. The van der Waals surface area contributed by atoms with E-state index in [9.17, 15) is 0 Å². The lowest BCUT2D eigenvalue weighted by atomic mass is 10.1. The van der Waals surface area contributed by atoms with Gasteiger partial charge in [-0.3, -0.25) is 0 Å². The second kappa shape index (κ2) is 5.70. The number of nitrogens with zero attached hydrogens (tertiary/aromatic N) is 3. The van der Waals surface area contributed by atoms with Gasteiger partial charge < -0.3 is 14.6 Å². The maximum absolute atomic E-state index is 5.46. The van der Waals surface area contributed by atoms with E-state index < -0.39 is 0 Å². The highest BCUT2D eigenvalue weighted by atomic mass is 16.4. The summed E-state index contributed by atoms with van der Waals surface area (Å²) in [4.78, 5) is 1.99. The molecule has 0 atom stereocenters. The van der Waals surface area contributed by atoms with Crippen molar-refractivity contribution in [2.75, 3.05) is 25.5 Å². The topological polar surface area (TPSA) is 54.2 Å². The fourth-order valence-electron chi connectivity index (χ4n) is 1.17. The fourth-order valence-corrected chi connectivity index (χ4v) is 1.17. The van der Waals surface area contributed by atoms with Crippen LogP contribution < -0.4 is 10.2 Å². The Bertz CT molecular complexity index is 285. The van der Waals surface area contributed by atoms with Gasteiger partial charge in [0.15, 0.2) is 0 Å². The third kappa shape index (κ3) is 3.87. The average molecular weight is 212 g/mol. The molecular formula is C10H20N4O. The Labute approximate surface area is 90.9 Å². The molecule has 0 amide bonds. The van der Waals surface area contributed by atoms with Gasteiger partial charge in [0.05, 0.1) is 6.54 Å². The highest BCUT2D eigenvalue weighted by molar-refractivity contribution is 5.21. The van der Waals surface area contributed by atoms with E-state index in [4.69, 9.17) is 4.42 Å². The van der Waals surface area contributed by atoms with E-state index in [-0.39, 0.29) is 0 Å². The van der Waals surface area contributed by atoms with Gasteiger partial charge in [0.1, 0.15) is 0 Å². The molecule has 0 aliphatic carbocycles. The molecule has 0 bridgehead atoms. The van der Waals surface area contributed by atoms with E-state index in [0.717, 1.165) is 13.0 Å². The van der Waals surface area contributed by atoms with Gasteiger partial charge in [-0.2, -0.15) is 0 Å². The van der Waals surface area contributed by atoms with Crippen molar-refractivity contribution in [2.45, 2.75) is 26.8 Å². The Balaban J connectivity index is 2.46. The predicted molar refractivity (Wildman–Crippen MR) is 59.8 cm³/mol. The molecule has 0 radical (unpaired) electrons. The van der Waals surface area contributed by atoms with Gasteiger partial charge in [0, 0.05) is 13.6 Å². The Kier molecular flexibility index (Phi) is 4.55. The van der Waals surface area contributed by atoms with Crippen LogP contribution in [0.1, 0.15) is 26.2 Å². The smallest absolute Gasteiger partial charge is 0.317 e. The number of hydrogen-bond acceptors (Lipinski definition) is 5. The van der Waals surface area contributed by atoms with Crippen LogP contribution in [0.15, 0.2) is 4.42 Å². The molecule has 1 aromatic rings. The van der Waals surface area contributed by atoms with E-state index in [1.807, 2.05) is 19.0 Å². The minimum absolute atomic E-state index is 0.598. The Morgan fingerprint density at radius 1 is 1.40 bits per heavy atom. The molecule has 5 nitrogen and oxygen atoms in total. The average Bonchev–Trinajstić information content (AvgIpc) is 2.63. The lowest BCUT2D eigenvalue weighted by Crippen LogP contribution is -2.20. The number of nitrogens with one attached hydrogen (secondary N) is 1. The van der Waals surface area contributed by atoms with Gasteiger partial charge in [-0.1, -0.05) is 18.9 Å². The van der Waals surface area contributed by atoms with E-state index in [2.05, 4.69) is 29.4 Å². The summed E-state index contributed by atoms with van der Waals surface area (Å²) in [5, 5.41) is 10.9. The first-order valence-corrected chi connectivity index (χ1v) is 5.31. The summed E-state index contributed by atoms with van der Waals surface area (Å²) in [6.07, 6.45) is 1.13. The molecule has 0 saturated carbocycles. The van der Waals surface area contributed by atoms with Crippen LogP contribution in [0.3, 0.4) is 0 Å². The molecule has 86 valence electrons. The zero-order chi connectivity index (χ0) is 11.3. The largest absolute Gasteiger partial charge is 0.407 e. The van der Waals surface area contributed by atoms with Crippen molar-refractivity contribution >= 4 is 6.01 Å². The lowest BCUT2D eigenvalue weighted by molar-refractivity contribution is 0.469. The normalized spacial score (nSPS) is 11.0. The monoisotopic (exact) mass is 212 g/mol. The standard InChI is InChI=1S/C10H20N4O/c1-8(2)5-6-14(4)10-13-12-9(15-10)7-11-3/h8,11H,5-7H2,1-4H3. The summed E-state index contributed by atoms with van der Waals surface area (Å²) in [7, 11) is 3.82. The predicted octanol–water partition coefficient (Wildman–Crippen LogP) is 1.27. The van der Waals surface area contributed by atoms with Gasteiger partial charge in [-0.25, -0.2) is 0 Å². The van der Waals surface area contributed by atoms with Crippen LogP contribution in [0.5, 0.6) is 0 Å². The molecule has 0 aliphatic rings. The van der Waals surface area contributed by atoms with E-state index in [1.54, 1.807) is 0 Å². The van der Waals surface area contributed by atoms with Crippen molar-refractivity contribution in [2.24, 2.45) is 5.92 Å². The number of anilines is 1. The Morgan fingerprint density at radius 2 is 2.13 bits per heavy atom. The quantitative estimate of drug-likeness (QED) is 0.769. The highest BCUT2D eigenvalue weighted by Gasteiger charge is 2.10. The summed E-state index contributed by atoms with van der Waals surface area (Å²) in [5.74, 6) is 1.32. The van der Waals surface area contributed by atoms with E-state index in [0.29, 0.717) is 24.4 Å². The zero-order valence-electron chi connectivity index (χ0n) is 9.95. The van der Waals surface area contributed by atoms with Gasteiger partial charge in [-0.05, 0) is 19.4 Å². The van der Waals surface area contributed by atoms with Crippen molar-refractivity contribution in [3.8, 4) is 0 Å². The van der Waals surface area contributed by atoms with E-state index >= 15 is 0 Å². The van der Waals surface area contributed by atoms with Crippen LogP contribution in [-0.2, 0) is 6.54 Å². The van der Waals surface area contributed by atoms with Crippen LogP contribution in [-0.4, -0.2) is 30.8 Å². The second-order valence-corrected chi connectivity index (χ2v) is 4.11. The van der Waals surface area contributed by atoms with Gasteiger partial charge in [0.2, 0.25) is 5.89 Å². The molecular weight excluding hydrogens is 192 g/mol. The van der Waals surface area contributed by atoms with Crippen LogP contribution in [0, 0.1) is 5.92 Å². The molecule has 0 aromatic carbocycles. The van der Waals surface area contributed by atoms with Gasteiger partial charge >= 0.3 is 6.01 Å². The maximum atomic E-state index is 5.46. The molecule has 15 heavy (non-hydrogen) atoms. The minimum Gasteiger partial charge on any atom is -0.407 e. The van der Waals surface area contributed by atoms with Crippen LogP contribution in [0.2, 0.25) is 0 Å². The summed E-state index contributed by atoms with van der Waals surface area (Å²) in [6, 6.07) is 0.598. The Morgan fingerprint density at radius 3 is 2.73 bits per heavy atom. The molecule has 0 unspecified atom stereocenters.